The van der Waals surface area contributed by atoms with Crippen LogP contribution in [0.1, 0.15) is 34.7 Å². The van der Waals surface area contributed by atoms with E-state index in [4.69, 9.17) is 4.74 Å². The first-order chi connectivity index (χ1) is 15.0. The van der Waals surface area contributed by atoms with E-state index in [0.29, 0.717) is 19.7 Å². The van der Waals surface area contributed by atoms with Crippen molar-refractivity contribution in [2.75, 3.05) is 23.0 Å². The number of hydrogen-bond donors (Lipinski definition) is 0. The molecule has 0 N–H and O–H groups in total. The Labute approximate surface area is 184 Å². The minimum Gasteiger partial charge on any atom is -0.464 e. The molecule has 158 valence electrons. The zero-order chi connectivity index (χ0) is 21.6. The molecule has 0 aliphatic carbocycles. The van der Waals surface area contributed by atoms with Gasteiger partial charge < -0.3 is 14.5 Å². The van der Waals surface area contributed by atoms with E-state index in [9.17, 15) is 4.79 Å². The summed E-state index contributed by atoms with van der Waals surface area (Å²) in [5, 5.41) is 0. The van der Waals surface area contributed by atoms with E-state index in [1.165, 1.54) is 27.9 Å². The van der Waals surface area contributed by atoms with Crippen molar-refractivity contribution in [2.45, 2.75) is 39.4 Å². The molecular weight excluding hydrogens is 384 g/mol. The van der Waals surface area contributed by atoms with Gasteiger partial charge in [0.15, 0.2) is 5.54 Å². The van der Waals surface area contributed by atoms with Gasteiger partial charge in [-0.2, -0.15) is 0 Å². The monoisotopic (exact) mass is 412 g/mol. The molecule has 31 heavy (non-hydrogen) atoms. The Morgan fingerprint density at radius 1 is 0.903 bits per heavy atom. The zero-order valence-electron chi connectivity index (χ0n) is 18.4. The fourth-order valence-corrected chi connectivity index (χ4v) is 5.15. The van der Waals surface area contributed by atoms with Crippen molar-refractivity contribution in [3.8, 4) is 0 Å². The lowest BCUT2D eigenvalue weighted by molar-refractivity contribution is -0.150. The minimum absolute atomic E-state index is 0.191. The van der Waals surface area contributed by atoms with Gasteiger partial charge in [0.1, 0.15) is 0 Å². The van der Waals surface area contributed by atoms with Gasteiger partial charge >= 0.3 is 5.97 Å². The second-order valence-corrected chi connectivity index (χ2v) is 8.65. The molecule has 2 aliphatic rings. The maximum atomic E-state index is 13.8. The fourth-order valence-electron chi connectivity index (χ4n) is 5.15. The Kier molecular flexibility index (Phi) is 4.73. The number of ether oxygens (including phenoxy) is 1. The Balaban J connectivity index is 1.82. The Bertz CT molecular complexity index is 1140. The van der Waals surface area contributed by atoms with Gasteiger partial charge in [-0.1, -0.05) is 65.7 Å². The van der Waals surface area contributed by atoms with Crippen LogP contribution in [0.3, 0.4) is 0 Å². The smallest absolute Gasteiger partial charge is 0.338 e. The van der Waals surface area contributed by atoms with Crippen LogP contribution in [0.15, 0.2) is 66.7 Å². The van der Waals surface area contributed by atoms with Gasteiger partial charge in [-0.15, -0.1) is 0 Å². The molecule has 0 amide bonds. The SMILES string of the molecule is CCOC(=O)[C@]1(c2ccccc2)CN2Cc3cc(C)ccc3N1Cc1cc(C)ccc12. The van der Waals surface area contributed by atoms with Crippen LogP contribution in [0.5, 0.6) is 0 Å². The van der Waals surface area contributed by atoms with Crippen LogP contribution in [-0.2, 0) is 28.2 Å². The summed E-state index contributed by atoms with van der Waals surface area (Å²) in [5.41, 5.74) is 7.29. The largest absolute Gasteiger partial charge is 0.464 e. The molecule has 0 unspecified atom stereocenters. The molecule has 1 atom stereocenters. The predicted molar refractivity (Wildman–Crippen MR) is 124 cm³/mol. The van der Waals surface area contributed by atoms with Gasteiger partial charge in [0.2, 0.25) is 0 Å². The molecule has 5 rings (SSSR count). The lowest BCUT2D eigenvalue weighted by Gasteiger charge is -2.42. The predicted octanol–water partition coefficient (Wildman–Crippen LogP) is 5.10. The van der Waals surface area contributed by atoms with Crippen LogP contribution in [0.2, 0.25) is 0 Å². The summed E-state index contributed by atoms with van der Waals surface area (Å²) in [5.74, 6) is -0.191. The number of esters is 1. The number of nitrogens with zero attached hydrogens (tertiary/aromatic N) is 2. The Morgan fingerprint density at radius 3 is 2.23 bits per heavy atom. The van der Waals surface area contributed by atoms with Crippen molar-refractivity contribution >= 4 is 17.3 Å². The maximum absolute atomic E-state index is 13.8. The quantitative estimate of drug-likeness (QED) is 0.560. The van der Waals surface area contributed by atoms with Gasteiger partial charge in [-0.05, 0) is 49.6 Å². The van der Waals surface area contributed by atoms with E-state index in [1.807, 2.05) is 25.1 Å². The van der Waals surface area contributed by atoms with Gasteiger partial charge in [0.05, 0.1) is 13.2 Å². The molecule has 0 spiro atoms. The third-order valence-electron chi connectivity index (χ3n) is 6.54. The van der Waals surface area contributed by atoms with Crippen molar-refractivity contribution in [2.24, 2.45) is 0 Å². The van der Waals surface area contributed by atoms with E-state index in [-0.39, 0.29) is 5.97 Å². The highest BCUT2D eigenvalue weighted by atomic mass is 16.5. The van der Waals surface area contributed by atoms with E-state index in [0.717, 1.165) is 17.8 Å². The summed E-state index contributed by atoms with van der Waals surface area (Å²) in [4.78, 5) is 18.5. The van der Waals surface area contributed by atoms with Crippen LogP contribution >= 0.6 is 0 Å². The molecule has 2 bridgehead atoms. The van der Waals surface area contributed by atoms with E-state index >= 15 is 0 Å². The molecule has 0 aromatic heterocycles. The van der Waals surface area contributed by atoms with Crippen molar-refractivity contribution in [1.29, 1.82) is 0 Å². The lowest BCUT2D eigenvalue weighted by Crippen LogP contribution is -2.56. The standard InChI is InChI=1S/C27H28N2O2/c1-4-31-26(30)27(23-8-6-5-7-9-23)18-28-16-21-14-20(3)11-13-25(21)29(27)17-22-15-19(2)10-12-24(22)28/h5-15H,4,16-18H2,1-3H3/t27-/m1/s1. The normalized spacial score (nSPS) is 19.3. The topological polar surface area (TPSA) is 32.8 Å². The first kappa shape index (κ1) is 19.7. The van der Waals surface area contributed by atoms with E-state index in [2.05, 4.69) is 72.2 Å². The van der Waals surface area contributed by atoms with Gasteiger partial charge in [-0.3, -0.25) is 0 Å². The molecule has 0 radical (unpaired) electrons. The van der Waals surface area contributed by atoms with Gasteiger partial charge in [0.25, 0.3) is 0 Å². The number of carbonyl (C=O) groups excluding carboxylic acids is 1. The van der Waals surface area contributed by atoms with E-state index < -0.39 is 5.54 Å². The minimum atomic E-state index is -0.926. The third-order valence-corrected chi connectivity index (χ3v) is 6.54. The molecule has 3 aromatic carbocycles. The molecule has 3 aromatic rings. The summed E-state index contributed by atoms with van der Waals surface area (Å²) in [6.45, 7) is 8.43. The summed E-state index contributed by atoms with van der Waals surface area (Å²) >= 11 is 0. The molecule has 0 saturated carbocycles. The number of fused-ring (bicyclic) bond motifs is 7. The van der Waals surface area contributed by atoms with Crippen LogP contribution in [0.4, 0.5) is 11.4 Å². The molecule has 4 nitrogen and oxygen atoms in total. The second kappa shape index (κ2) is 7.45. The van der Waals surface area contributed by atoms with Crippen molar-refractivity contribution in [3.63, 3.8) is 0 Å². The highest BCUT2D eigenvalue weighted by molar-refractivity contribution is 5.90. The fraction of sp³-hybridized carbons (Fsp3) is 0.296. The second-order valence-electron chi connectivity index (χ2n) is 8.65. The highest BCUT2D eigenvalue weighted by Gasteiger charge is 2.52. The van der Waals surface area contributed by atoms with Gasteiger partial charge in [0, 0.05) is 24.5 Å². The van der Waals surface area contributed by atoms with Gasteiger partial charge in [-0.25, -0.2) is 4.79 Å². The maximum Gasteiger partial charge on any atom is 0.338 e. The number of carbonyl (C=O) groups is 1. The third kappa shape index (κ3) is 3.09. The van der Waals surface area contributed by atoms with E-state index in [1.54, 1.807) is 0 Å². The zero-order valence-corrected chi connectivity index (χ0v) is 18.4. The van der Waals surface area contributed by atoms with Crippen molar-refractivity contribution < 1.29 is 9.53 Å². The summed E-state index contributed by atoms with van der Waals surface area (Å²) in [6.07, 6.45) is 0. The average molecular weight is 413 g/mol. The molecular formula is C27H28N2O2. The molecule has 4 heteroatoms. The number of hydrogen-bond acceptors (Lipinski definition) is 4. The average Bonchev–Trinajstić information content (AvgIpc) is 2.98. The molecule has 2 aliphatic heterocycles. The Morgan fingerprint density at radius 2 is 1.55 bits per heavy atom. The number of anilines is 2. The molecule has 2 heterocycles. The molecule has 0 fully saturated rings. The first-order valence-corrected chi connectivity index (χ1v) is 11.0. The summed E-state index contributed by atoms with van der Waals surface area (Å²) in [6, 6.07) is 23.3. The van der Waals surface area contributed by atoms with Crippen molar-refractivity contribution in [1.82, 2.24) is 0 Å². The van der Waals surface area contributed by atoms with Crippen LogP contribution in [0, 0.1) is 13.8 Å². The lowest BCUT2D eigenvalue weighted by atomic mass is 9.86. The number of rotatable bonds is 3. The summed E-state index contributed by atoms with van der Waals surface area (Å²) in [7, 11) is 0. The van der Waals surface area contributed by atoms with Crippen molar-refractivity contribution in [3.05, 3.63) is 94.5 Å². The van der Waals surface area contributed by atoms with Crippen LogP contribution < -0.4 is 9.80 Å². The first-order valence-electron chi connectivity index (χ1n) is 11.0. The number of aryl methyl sites for hydroxylation is 2. The Hall–Kier alpha value is -3.27. The highest BCUT2D eigenvalue weighted by Crippen LogP contribution is 2.46. The van der Waals surface area contributed by atoms with Crippen LogP contribution in [-0.4, -0.2) is 19.1 Å². The molecule has 0 saturated heterocycles. The summed E-state index contributed by atoms with van der Waals surface area (Å²) < 4.78 is 5.76. The van der Waals surface area contributed by atoms with Crippen LogP contribution in [0.25, 0.3) is 0 Å². The number of benzene rings is 3.